The first-order chi connectivity index (χ1) is 13.7. The van der Waals surface area contributed by atoms with E-state index in [4.69, 9.17) is 4.74 Å². The lowest BCUT2D eigenvalue weighted by atomic mass is 10.2. The van der Waals surface area contributed by atoms with Crippen molar-refractivity contribution in [2.75, 3.05) is 18.3 Å². The fourth-order valence-corrected chi connectivity index (χ4v) is 2.92. The van der Waals surface area contributed by atoms with E-state index in [0.717, 1.165) is 16.9 Å². The van der Waals surface area contributed by atoms with E-state index in [1.807, 2.05) is 54.6 Å². The Kier molecular flexibility index (Phi) is 7.02. The second-order valence-corrected chi connectivity index (χ2v) is 6.57. The summed E-state index contributed by atoms with van der Waals surface area (Å²) < 4.78 is 5.27. The minimum atomic E-state index is -0.114. The number of aromatic amines is 1. The van der Waals surface area contributed by atoms with Crippen LogP contribution < -0.4 is 15.5 Å². The maximum atomic E-state index is 12.0. The van der Waals surface area contributed by atoms with E-state index in [9.17, 15) is 4.79 Å². The molecule has 9 heteroatoms. The molecule has 0 radical (unpaired) electrons. The Morgan fingerprint density at radius 2 is 2.00 bits per heavy atom. The second-order valence-electron chi connectivity index (χ2n) is 5.62. The Balaban J connectivity index is 1.42. The number of thioether (sulfide) groups is 1. The lowest BCUT2D eigenvalue weighted by Crippen LogP contribution is -2.24. The predicted molar refractivity (Wildman–Crippen MR) is 110 cm³/mol. The molecule has 8 nitrogen and oxygen atoms in total. The van der Waals surface area contributed by atoms with Gasteiger partial charge in [-0.2, -0.15) is 10.1 Å². The summed E-state index contributed by atoms with van der Waals surface area (Å²) in [6.07, 6.45) is 1.68. The first-order valence-electron chi connectivity index (χ1n) is 8.52. The van der Waals surface area contributed by atoms with Crippen LogP contribution in [-0.2, 0) is 11.3 Å². The summed E-state index contributed by atoms with van der Waals surface area (Å²) in [5.74, 6) is 1.25. The van der Waals surface area contributed by atoms with E-state index in [0.29, 0.717) is 17.6 Å². The number of hydrogen-bond donors (Lipinski definition) is 3. The monoisotopic (exact) mass is 396 g/mol. The highest BCUT2D eigenvalue weighted by Gasteiger charge is 2.08. The van der Waals surface area contributed by atoms with Gasteiger partial charge in [0.1, 0.15) is 5.75 Å². The normalized spacial score (nSPS) is 10.8. The van der Waals surface area contributed by atoms with Crippen LogP contribution in [0.4, 0.5) is 5.95 Å². The number of carbonyl (C=O) groups excluding carboxylic acids is 1. The summed E-state index contributed by atoms with van der Waals surface area (Å²) in [4.78, 5) is 16.3. The van der Waals surface area contributed by atoms with Crippen molar-refractivity contribution in [1.29, 1.82) is 0 Å². The summed E-state index contributed by atoms with van der Waals surface area (Å²) in [7, 11) is 1.61. The van der Waals surface area contributed by atoms with E-state index >= 15 is 0 Å². The van der Waals surface area contributed by atoms with Gasteiger partial charge in [0.25, 0.3) is 0 Å². The predicted octanol–water partition coefficient (Wildman–Crippen LogP) is 2.67. The number of hydrogen-bond acceptors (Lipinski definition) is 7. The van der Waals surface area contributed by atoms with Crippen LogP contribution in [0.5, 0.6) is 5.75 Å². The Hall–Kier alpha value is -3.33. The molecule has 2 aromatic carbocycles. The zero-order valence-electron chi connectivity index (χ0n) is 15.3. The number of rotatable bonds is 9. The first kappa shape index (κ1) is 19.4. The van der Waals surface area contributed by atoms with Gasteiger partial charge in [-0.05, 0) is 11.6 Å². The number of nitrogens with one attached hydrogen (secondary N) is 3. The smallest absolute Gasteiger partial charge is 0.240 e. The summed E-state index contributed by atoms with van der Waals surface area (Å²) in [6.45, 7) is 0.401. The van der Waals surface area contributed by atoms with Gasteiger partial charge in [-0.15, -0.1) is 5.10 Å². The quantitative estimate of drug-likeness (QED) is 0.292. The van der Waals surface area contributed by atoms with Crippen molar-refractivity contribution in [3.63, 3.8) is 0 Å². The Morgan fingerprint density at radius 1 is 1.21 bits per heavy atom. The van der Waals surface area contributed by atoms with E-state index in [1.54, 1.807) is 13.3 Å². The number of carbonyl (C=O) groups is 1. The molecule has 0 saturated carbocycles. The lowest BCUT2D eigenvalue weighted by molar-refractivity contribution is -0.118. The lowest BCUT2D eigenvalue weighted by Gasteiger charge is -2.08. The molecule has 0 spiro atoms. The van der Waals surface area contributed by atoms with E-state index in [1.165, 1.54) is 11.8 Å². The standard InChI is InChI=1S/C19H20N6O2S/c1-27-16-10-6-5-9-15(16)12-20-17(26)13-28-19-22-18(24-25-19)23-21-11-14-7-3-2-4-8-14/h2-11H,12-13H2,1H3,(H,20,26)(H2,22,23,24,25)/b21-11-. The Bertz CT molecular complexity index is 929. The number of methoxy groups -OCH3 is 1. The fourth-order valence-electron chi connectivity index (χ4n) is 2.29. The van der Waals surface area contributed by atoms with E-state index in [-0.39, 0.29) is 11.7 Å². The highest BCUT2D eigenvalue weighted by molar-refractivity contribution is 7.99. The van der Waals surface area contributed by atoms with E-state index in [2.05, 4.69) is 31.0 Å². The summed E-state index contributed by atoms with van der Waals surface area (Å²) in [6, 6.07) is 17.3. The second kappa shape index (κ2) is 10.1. The Labute approximate surface area is 166 Å². The van der Waals surface area contributed by atoms with Crippen molar-refractivity contribution >= 4 is 29.8 Å². The van der Waals surface area contributed by atoms with Crippen molar-refractivity contribution in [3.05, 3.63) is 65.7 Å². The number of para-hydroxylation sites is 1. The molecular weight excluding hydrogens is 376 g/mol. The maximum absolute atomic E-state index is 12.0. The van der Waals surface area contributed by atoms with Crippen LogP contribution in [-0.4, -0.2) is 40.2 Å². The highest BCUT2D eigenvalue weighted by Crippen LogP contribution is 2.17. The van der Waals surface area contributed by atoms with Gasteiger partial charge in [0.05, 0.1) is 19.1 Å². The largest absolute Gasteiger partial charge is 0.496 e. The number of nitrogens with zero attached hydrogens (tertiary/aromatic N) is 3. The molecule has 3 N–H and O–H groups in total. The van der Waals surface area contributed by atoms with Crippen LogP contribution in [0.15, 0.2) is 64.9 Å². The number of amides is 1. The average molecular weight is 396 g/mol. The van der Waals surface area contributed by atoms with Crippen molar-refractivity contribution in [2.24, 2.45) is 5.10 Å². The van der Waals surface area contributed by atoms with Crippen LogP contribution in [0.1, 0.15) is 11.1 Å². The molecule has 144 valence electrons. The molecule has 3 aromatic rings. The number of ether oxygens (including phenoxy) is 1. The molecule has 28 heavy (non-hydrogen) atoms. The van der Waals surface area contributed by atoms with Gasteiger partial charge < -0.3 is 10.1 Å². The van der Waals surface area contributed by atoms with Crippen molar-refractivity contribution in [3.8, 4) is 5.75 Å². The van der Waals surface area contributed by atoms with Gasteiger partial charge in [-0.25, -0.2) is 10.5 Å². The molecule has 0 atom stereocenters. The summed E-state index contributed by atoms with van der Waals surface area (Å²) >= 11 is 1.24. The summed E-state index contributed by atoms with van der Waals surface area (Å²) in [5.41, 5.74) is 4.66. The van der Waals surface area contributed by atoms with Crippen molar-refractivity contribution in [2.45, 2.75) is 11.7 Å². The van der Waals surface area contributed by atoms with Crippen molar-refractivity contribution < 1.29 is 9.53 Å². The van der Waals surface area contributed by atoms with Crippen LogP contribution in [0.2, 0.25) is 0 Å². The zero-order chi connectivity index (χ0) is 19.6. The first-order valence-corrected chi connectivity index (χ1v) is 9.51. The minimum absolute atomic E-state index is 0.114. The molecular formula is C19H20N6O2S. The topological polar surface area (TPSA) is 104 Å². The van der Waals surface area contributed by atoms with Gasteiger partial charge in [0, 0.05) is 12.1 Å². The third kappa shape index (κ3) is 5.85. The fraction of sp³-hybridized carbons (Fsp3) is 0.158. The molecule has 0 aliphatic carbocycles. The van der Waals surface area contributed by atoms with Gasteiger partial charge in [0.2, 0.25) is 17.0 Å². The zero-order valence-corrected chi connectivity index (χ0v) is 16.1. The third-order valence-electron chi connectivity index (χ3n) is 3.65. The number of benzene rings is 2. The molecule has 1 amide bonds. The van der Waals surface area contributed by atoms with Gasteiger partial charge in [0.15, 0.2) is 0 Å². The molecule has 0 fully saturated rings. The molecule has 1 heterocycles. The van der Waals surface area contributed by atoms with Crippen molar-refractivity contribution in [1.82, 2.24) is 20.5 Å². The molecule has 0 aliphatic rings. The molecule has 1 aromatic heterocycles. The van der Waals surface area contributed by atoms with Gasteiger partial charge in [-0.1, -0.05) is 60.3 Å². The summed E-state index contributed by atoms with van der Waals surface area (Å²) in [5, 5.41) is 14.2. The molecule has 0 saturated heterocycles. The highest BCUT2D eigenvalue weighted by atomic mass is 32.2. The Morgan fingerprint density at radius 3 is 2.82 bits per heavy atom. The SMILES string of the molecule is COc1ccccc1CNC(=O)CSc1n[nH]c(N/N=C\c2ccccc2)n1. The van der Waals surface area contributed by atoms with Gasteiger partial charge in [-0.3, -0.25) is 4.79 Å². The van der Waals surface area contributed by atoms with Crippen LogP contribution in [0.3, 0.4) is 0 Å². The maximum Gasteiger partial charge on any atom is 0.240 e. The van der Waals surface area contributed by atoms with E-state index < -0.39 is 0 Å². The molecule has 0 unspecified atom stereocenters. The molecule has 0 bridgehead atoms. The third-order valence-corrected chi connectivity index (χ3v) is 4.50. The molecule has 3 rings (SSSR count). The number of aromatic nitrogens is 3. The number of anilines is 1. The van der Waals surface area contributed by atoms with Crippen LogP contribution in [0.25, 0.3) is 0 Å². The van der Waals surface area contributed by atoms with Crippen LogP contribution in [0, 0.1) is 0 Å². The number of H-pyrrole nitrogens is 1. The minimum Gasteiger partial charge on any atom is -0.496 e. The molecule has 0 aliphatic heterocycles. The van der Waals surface area contributed by atoms with Crippen LogP contribution >= 0.6 is 11.8 Å². The number of hydrazone groups is 1. The average Bonchev–Trinajstić information content (AvgIpc) is 3.19. The van der Waals surface area contributed by atoms with Gasteiger partial charge >= 0.3 is 0 Å².